The molecule has 10 heteroatoms. The van der Waals surface area contributed by atoms with Gasteiger partial charge in [-0.1, -0.05) is 0 Å². The zero-order valence-corrected chi connectivity index (χ0v) is 13.0. The second kappa shape index (κ2) is 5.62. The Labute approximate surface area is 145 Å². The zero-order chi connectivity index (χ0) is 18.4. The number of rotatable bonds is 4. The molecule has 1 aromatic carbocycles. The number of anilines is 1. The molecule has 2 atom stereocenters. The van der Waals surface area contributed by atoms with Crippen LogP contribution in [0.1, 0.15) is 10.6 Å². The number of hydrazone groups is 1. The summed E-state index contributed by atoms with van der Waals surface area (Å²) in [6, 6.07) is 6.97. The smallest absolute Gasteiger partial charge is 0.269 e. The Bertz CT molecular complexity index is 963. The van der Waals surface area contributed by atoms with Gasteiger partial charge in [0.15, 0.2) is 5.76 Å². The molecule has 1 aromatic heterocycles. The average molecular weight is 354 g/mol. The fourth-order valence-electron chi connectivity index (χ4n) is 2.99. The number of carbonyl (C=O) groups is 3. The molecule has 130 valence electrons. The van der Waals surface area contributed by atoms with Gasteiger partial charge in [-0.3, -0.25) is 29.9 Å². The number of imide groups is 1. The van der Waals surface area contributed by atoms with Gasteiger partial charge in [-0.15, -0.1) is 0 Å². The number of nitrogens with one attached hydrogen (secondary N) is 1. The normalized spacial score (nSPS) is 21.4. The summed E-state index contributed by atoms with van der Waals surface area (Å²) in [7, 11) is 0. The van der Waals surface area contributed by atoms with Gasteiger partial charge in [-0.2, -0.15) is 5.10 Å². The van der Waals surface area contributed by atoms with Crippen LogP contribution in [0.2, 0.25) is 0 Å². The number of hydrogen-bond donors (Lipinski definition) is 1. The van der Waals surface area contributed by atoms with Crippen LogP contribution in [0.25, 0.3) is 0 Å². The van der Waals surface area contributed by atoms with E-state index < -0.39 is 34.5 Å². The minimum atomic E-state index is -1.07. The summed E-state index contributed by atoms with van der Waals surface area (Å²) in [4.78, 5) is 48.8. The average Bonchev–Trinajstić information content (AvgIpc) is 3.35. The van der Waals surface area contributed by atoms with E-state index >= 15 is 0 Å². The lowest BCUT2D eigenvalue weighted by molar-refractivity contribution is -0.384. The molecule has 1 fully saturated rings. The molecule has 2 amide bonds. The van der Waals surface area contributed by atoms with Crippen LogP contribution in [0, 0.1) is 16.0 Å². The van der Waals surface area contributed by atoms with Crippen LogP contribution in [0.5, 0.6) is 0 Å². The number of nitro benzene ring substituents is 1. The highest BCUT2D eigenvalue weighted by Crippen LogP contribution is 2.32. The molecule has 0 unspecified atom stereocenters. The van der Waals surface area contributed by atoms with Crippen molar-refractivity contribution < 1.29 is 23.7 Å². The second-order valence-electron chi connectivity index (χ2n) is 5.67. The summed E-state index contributed by atoms with van der Waals surface area (Å²) in [6.07, 6.45) is 1.32. The van der Waals surface area contributed by atoms with Gasteiger partial charge in [0.1, 0.15) is 17.7 Å². The van der Waals surface area contributed by atoms with Crippen LogP contribution in [0.15, 0.2) is 52.2 Å². The van der Waals surface area contributed by atoms with Gasteiger partial charge in [0, 0.05) is 12.1 Å². The molecule has 0 bridgehead atoms. The lowest BCUT2D eigenvalue weighted by Crippen LogP contribution is -2.36. The maximum Gasteiger partial charge on any atom is 0.269 e. The Morgan fingerprint density at radius 1 is 1.19 bits per heavy atom. The maximum absolute atomic E-state index is 12.8. The first kappa shape index (κ1) is 15.7. The molecule has 0 aliphatic carbocycles. The van der Waals surface area contributed by atoms with E-state index in [1.165, 1.54) is 42.7 Å². The van der Waals surface area contributed by atoms with Gasteiger partial charge in [-0.05, 0) is 24.3 Å². The van der Waals surface area contributed by atoms with Crippen molar-refractivity contribution in [2.24, 2.45) is 11.0 Å². The number of non-ortho nitro benzene ring substituents is 1. The SMILES string of the molecule is O=C(C1=NN[C@@H]2C(=O)N(c3ccc([N+](=O)[O-])cc3)C(=O)[C@@H]12)c1ccco1. The Balaban J connectivity index is 1.64. The van der Waals surface area contributed by atoms with E-state index in [1.807, 2.05) is 0 Å². The molecule has 0 saturated carbocycles. The Kier molecular flexibility index (Phi) is 3.39. The molecule has 1 saturated heterocycles. The molecule has 1 N–H and O–H groups in total. The van der Waals surface area contributed by atoms with E-state index in [9.17, 15) is 24.5 Å². The van der Waals surface area contributed by atoms with Crippen LogP contribution in [-0.2, 0) is 9.59 Å². The molecule has 2 aliphatic rings. The number of hydrogen-bond acceptors (Lipinski definition) is 8. The summed E-state index contributed by atoms with van der Waals surface area (Å²) in [5, 5.41) is 14.6. The summed E-state index contributed by atoms with van der Waals surface area (Å²) in [5.41, 5.74) is 2.44. The van der Waals surface area contributed by atoms with Crippen LogP contribution in [-0.4, -0.2) is 34.3 Å². The highest BCUT2D eigenvalue weighted by molar-refractivity contribution is 6.52. The van der Waals surface area contributed by atoms with Gasteiger partial charge in [0.2, 0.25) is 11.7 Å². The fraction of sp³-hybridized carbons (Fsp3) is 0.125. The Hall–Kier alpha value is -3.82. The van der Waals surface area contributed by atoms with Gasteiger partial charge in [0.05, 0.1) is 16.9 Å². The van der Waals surface area contributed by atoms with Crippen molar-refractivity contribution in [1.29, 1.82) is 0 Å². The largest absolute Gasteiger partial charge is 0.461 e. The first-order chi connectivity index (χ1) is 12.5. The number of carbonyl (C=O) groups excluding carboxylic acids is 3. The number of Topliss-reactive ketones (excluding diaryl/α,β-unsaturated/α-hetero) is 1. The predicted molar refractivity (Wildman–Crippen MR) is 86.5 cm³/mol. The van der Waals surface area contributed by atoms with Crippen LogP contribution < -0.4 is 10.3 Å². The van der Waals surface area contributed by atoms with Crippen LogP contribution >= 0.6 is 0 Å². The molecule has 2 aromatic rings. The Morgan fingerprint density at radius 2 is 1.92 bits per heavy atom. The number of ketones is 1. The van der Waals surface area contributed by atoms with Crippen molar-refractivity contribution in [3.8, 4) is 0 Å². The second-order valence-corrected chi connectivity index (χ2v) is 5.67. The lowest BCUT2D eigenvalue weighted by Gasteiger charge is -2.15. The first-order valence-electron chi connectivity index (χ1n) is 7.52. The summed E-state index contributed by atoms with van der Waals surface area (Å²) in [6.45, 7) is 0. The molecular formula is C16H10N4O6. The molecule has 26 heavy (non-hydrogen) atoms. The van der Waals surface area contributed by atoms with E-state index in [4.69, 9.17) is 4.42 Å². The van der Waals surface area contributed by atoms with Crippen molar-refractivity contribution in [1.82, 2.24) is 5.43 Å². The fourth-order valence-corrected chi connectivity index (χ4v) is 2.99. The van der Waals surface area contributed by atoms with Crippen molar-refractivity contribution in [3.05, 3.63) is 58.5 Å². The number of nitro groups is 1. The minimum Gasteiger partial charge on any atom is -0.461 e. The molecule has 10 nitrogen and oxygen atoms in total. The molecule has 2 aliphatic heterocycles. The number of furan rings is 1. The summed E-state index contributed by atoms with van der Waals surface area (Å²) < 4.78 is 5.03. The first-order valence-corrected chi connectivity index (χ1v) is 7.52. The number of nitrogens with zero attached hydrogens (tertiary/aromatic N) is 3. The van der Waals surface area contributed by atoms with Crippen molar-refractivity contribution in [3.63, 3.8) is 0 Å². The molecule has 0 spiro atoms. The highest BCUT2D eigenvalue weighted by Gasteiger charge is 2.55. The quantitative estimate of drug-likeness (QED) is 0.373. The van der Waals surface area contributed by atoms with Gasteiger partial charge < -0.3 is 4.42 Å². The number of benzene rings is 1. The van der Waals surface area contributed by atoms with E-state index in [0.717, 1.165) is 4.90 Å². The van der Waals surface area contributed by atoms with Crippen molar-refractivity contribution >= 4 is 34.7 Å². The standard InChI is InChI=1S/C16H10N4O6/c21-14(10-2-1-7-26-10)12-11-13(18-17-12)16(23)19(15(11)22)8-3-5-9(6-4-8)20(24)25/h1-7,11,13,18H/t11-,13-/m0/s1. The van der Waals surface area contributed by atoms with Gasteiger partial charge in [0.25, 0.3) is 11.6 Å². The van der Waals surface area contributed by atoms with Crippen molar-refractivity contribution in [2.45, 2.75) is 6.04 Å². The molecule has 0 radical (unpaired) electrons. The van der Waals surface area contributed by atoms with Gasteiger partial charge in [-0.25, -0.2) is 4.90 Å². The molecule has 3 heterocycles. The lowest BCUT2D eigenvalue weighted by atomic mass is 9.95. The highest BCUT2D eigenvalue weighted by atomic mass is 16.6. The monoisotopic (exact) mass is 354 g/mol. The minimum absolute atomic E-state index is 0.0141. The van der Waals surface area contributed by atoms with Crippen molar-refractivity contribution in [2.75, 3.05) is 4.90 Å². The molecule has 4 rings (SSSR count). The third-order valence-electron chi connectivity index (χ3n) is 4.22. The zero-order valence-electron chi connectivity index (χ0n) is 13.0. The number of fused-ring (bicyclic) bond motifs is 1. The van der Waals surface area contributed by atoms with E-state index in [2.05, 4.69) is 10.5 Å². The summed E-state index contributed by atoms with van der Waals surface area (Å²) in [5.74, 6) is -2.85. The van der Waals surface area contributed by atoms with Crippen LogP contribution in [0.4, 0.5) is 11.4 Å². The number of amides is 2. The van der Waals surface area contributed by atoms with E-state index in [0.29, 0.717) is 0 Å². The van der Waals surface area contributed by atoms with Gasteiger partial charge >= 0.3 is 0 Å². The predicted octanol–water partition coefficient (Wildman–Crippen LogP) is 0.888. The Morgan fingerprint density at radius 3 is 2.54 bits per heavy atom. The maximum atomic E-state index is 12.8. The third kappa shape index (κ3) is 2.19. The van der Waals surface area contributed by atoms with E-state index in [1.54, 1.807) is 0 Å². The third-order valence-corrected chi connectivity index (χ3v) is 4.22. The van der Waals surface area contributed by atoms with E-state index in [-0.39, 0.29) is 22.8 Å². The topological polar surface area (TPSA) is 135 Å². The summed E-state index contributed by atoms with van der Waals surface area (Å²) >= 11 is 0. The van der Waals surface area contributed by atoms with Crippen LogP contribution in [0.3, 0.4) is 0 Å². The molecular weight excluding hydrogens is 344 g/mol.